The molecule has 1 aliphatic heterocycles. The van der Waals surface area contributed by atoms with Crippen LogP contribution in [0, 0.1) is 0 Å². The SMILES string of the molecule is O=C(CCCCCN(Cc1ccccn1)Cc1ccccn1)NCCCC[C@H](N[C@@H](CCc1ccccc1)C(=O)[O-])C(=O)N1CCC[C@H]1C(=O)[O-].O=C([O-])O.[99Tc]. The van der Waals surface area contributed by atoms with Crippen LogP contribution >= 0.6 is 0 Å². The number of rotatable bonds is 23. The number of nitrogens with zero attached hydrogens (tertiary/aromatic N) is 4. The summed E-state index contributed by atoms with van der Waals surface area (Å²) in [6, 6.07) is 18.2. The van der Waals surface area contributed by atoms with E-state index in [0.717, 1.165) is 55.8 Å². The molecular weight excluding hydrogens is 807 g/mol. The predicted octanol–water partition coefficient (Wildman–Crippen LogP) is 0.661. The van der Waals surface area contributed by atoms with Crippen molar-refractivity contribution >= 4 is 29.9 Å². The fourth-order valence-corrected chi connectivity index (χ4v) is 6.46. The van der Waals surface area contributed by atoms with Crippen LogP contribution in [0.4, 0.5) is 4.79 Å². The topological polar surface area (TPSA) is 231 Å². The number of carbonyl (C=O) groups excluding carboxylic acids is 4. The normalized spacial score (nSPS) is 14.4. The Balaban J connectivity index is 0.00000206. The molecule has 1 radical (unpaired) electrons. The minimum absolute atomic E-state index is 0. The van der Waals surface area contributed by atoms with Gasteiger partial charge < -0.3 is 45.0 Å². The van der Waals surface area contributed by atoms with E-state index >= 15 is 0 Å². The van der Waals surface area contributed by atoms with E-state index in [1.54, 1.807) is 12.4 Å². The second-order valence-corrected chi connectivity index (χ2v) is 13.4. The molecule has 2 amide bonds. The third-order valence-electron chi connectivity index (χ3n) is 9.20. The molecule has 3 heterocycles. The average molecular weight is 859 g/mol. The zero-order chi connectivity index (χ0) is 39.8. The first-order valence-corrected chi connectivity index (χ1v) is 18.7. The molecule has 15 nitrogen and oxygen atoms in total. The van der Waals surface area contributed by atoms with Gasteiger partial charge in [0.05, 0.1) is 35.4 Å². The third-order valence-corrected chi connectivity index (χ3v) is 9.20. The number of carboxylic acid groups (broad SMARTS) is 4. The Morgan fingerprint density at radius 3 is 2.00 bits per heavy atom. The number of aromatic nitrogens is 2. The van der Waals surface area contributed by atoms with Crippen molar-refractivity contribution in [3.05, 3.63) is 96.1 Å². The Morgan fingerprint density at radius 2 is 1.43 bits per heavy atom. The van der Waals surface area contributed by atoms with Crippen molar-refractivity contribution in [3.8, 4) is 0 Å². The average Bonchev–Trinajstić information content (AvgIpc) is 3.67. The fourth-order valence-electron chi connectivity index (χ4n) is 6.46. The Labute approximate surface area is 341 Å². The number of aryl methyl sites for hydroxylation is 1. The maximum Gasteiger partial charge on any atom is 0.249 e. The summed E-state index contributed by atoms with van der Waals surface area (Å²) in [5.74, 6) is -3.11. The summed E-state index contributed by atoms with van der Waals surface area (Å²) in [5, 5.41) is 45.0. The van der Waals surface area contributed by atoms with E-state index in [1.807, 2.05) is 66.7 Å². The zero-order valence-electron chi connectivity index (χ0n) is 31.4. The van der Waals surface area contributed by atoms with E-state index in [0.29, 0.717) is 45.1 Å². The number of aliphatic carboxylic acids is 2. The molecule has 0 saturated carbocycles. The molecule has 0 bridgehead atoms. The Kier molecular flexibility index (Phi) is 22.8. The number of benzene rings is 1. The smallest absolute Gasteiger partial charge is 0.249 e. The van der Waals surface area contributed by atoms with Crippen molar-refractivity contribution in [3.63, 3.8) is 0 Å². The molecule has 1 fully saturated rings. The number of hydrogen-bond donors (Lipinski definition) is 3. The second-order valence-electron chi connectivity index (χ2n) is 13.4. The predicted molar refractivity (Wildman–Crippen MR) is 196 cm³/mol. The Hall–Kier alpha value is -4.76. The van der Waals surface area contributed by atoms with Crippen molar-refractivity contribution in [2.45, 2.75) is 102 Å². The first-order chi connectivity index (χ1) is 26.5. The van der Waals surface area contributed by atoms with Crippen molar-refractivity contribution in [1.29, 1.82) is 0 Å². The van der Waals surface area contributed by atoms with Crippen LogP contribution in [0.15, 0.2) is 79.1 Å². The van der Waals surface area contributed by atoms with E-state index in [4.69, 9.17) is 15.0 Å². The molecule has 3 atom stereocenters. The van der Waals surface area contributed by atoms with Crippen molar-refractivity contribution in [2.24, 2.45) is 0 Å². The van der Waals surface area contributed by atoms with E-state index in [2.05, 4.69) is 25.5 Å². The molecule has 3 N–H and O–H groups in total. The molecule has 0 unspecified atom stereocenters. The monoisotopic (exact) mass is 858 g/mol. The van der Waals surface area contributed by atoms with E-state index in [1.165, 1.54) is 4.90 Å². The zero-order valence-corrected chi connectivity index (χ0v) is 33.3. The van der Waals surface area contributed by atoms with Crippen molar-refractivity contribution in [2.75, 3.05) is 19.6 Å². The summed E-state index contributed by atoms with van der Waals surface area (Å²) >= 11 is 0. The molecule has 1 saturated heterocycles. The van der Waals surface area contributed by atoms with Gasteiger partial charge in [0.2, 0.25) is 18.0 Å². The maximum atomic E-state index is 13.5. The number of hydrogen-bond acceptors (Lipinski definition) is 12. The number of nitrogens with one attached hydrogen (secondary N) is 2. The molecular formula is C40H51N6O9Tc-3. The van der Waals surface area contributed by atoms with Gasteiger partial charge in [0.15, 0.2) is 0 Å². The van der Waals surface area contributed by atoms with Crippen LogP contribution in [0.2, 0.25) is 0 Å². The van der Waals surface area contributed by atoms with Gasteiger partial charge in [-0.1, -0.05) is 48.9 Å². The van der Waals surface area contributed by atoms with Crippen LogP contribution in [-0.2, 0) is 58.8 Å². The molecule has 0 aliphatic carbocycles. The Morgan fingerprint density at radius 1 is 0.804 bits per heavy atom. The number of carbonyl (C=O) groups is 5. The van der Waals surface area contributed by atoms with Gasteiger partial charge in [-0.3, -0.25) is 29.8 Å². The van der Waals surface area contributed by atoms with Crippen LogP contribution in [0.5, 0.6) is 0 Å². The summed E-state index contributed by atoms with van der Waals surface area (Å²) in [7, 11) is 0. The maximum absolute atomic E-state index is 13.5. The van der Waals surface area contributed by atoms with Crippen molar-refractivity contribution < 1.29 is 64.5 Å². The molecule has 16 heteroatoms. The summed E-state index contributed by atoms with van der Waals surface area (Å²) in [5.41, 5.74) is 2.96. The van der Waals surface area contributed by atoms with Gasteiger partial charge in [0.25, 0.3) is 0 Å². The van der Waals surface area contributed by atoms with Crippen LogP contribution in [0.25, 0.3) is 0 Å². The van der Waals surface area contributed by atoms with Crippen LogP contribution in [0.3, 0.4) is 0 Å². The van der Waals surface area contributed by atoms with Gasteiger partial charge in [-0.05, 0) is 94.2 Å². The van der Waals surface area contributed by atoms with Gasteiger partial charge in [0, 0.05) is 71.1 Å². The number of amides is 2. The molecule has 56 heavy (non-hydrogen) atoms. The quantitative estimate of drug-likeness (QED) is 0.112. The van der Waals surface area contributed by atoms with Crippen molar-refractivity contribution in [1.82, 2.24) is 30.4 Å². The molecule has 0 spiro atoms. The van der Waals surface area contributed by atoms with Crippen LogP contribution in [0.1, 0.15) is 81.2 Å². The van der Waals surface area contributed by atoms with Crippen LogP contribution < -0.4 is 26.0 Å². The minimum Gasteiger partial charge on any atom is -0.565 e. The Bertz CT molecular complexity index is 1560. The molecule has 2 aromatic heterocycles. The number of carboxylic acids is 2. The van der Waals surface area contributed by atoms with Gasteiger partial charge in [-0.15, -0.1) is 0 Å². The first kappa shape index (κ1) is 47.4. The summed E-state index contributed by atoms with van der Waals surface area (Å²) in [6.07, 6.45) is 7.43. The van der Waals surface area contributed by atoms with Gasteiger partial charge >= 0.3 is 0 Å². The van der Waals surface area contributed by atoms with E-state index in [9.17, 15) is 29.4 Å². The van der Waals surface area contributed by atoms with Gasteiger partial charge in [-0.25, -0.2) is 0 Å². The molecule has 1 aromatic carbocycles. The summed E-state index contributed by atoms with van der Waals surface area (Å²) in [4.78, 5) is 70.9. The van der Waals surface area contributed by atoms with Crippen LogP contribution in [-0.4, -0.2) is 92.5 Å². The second kappa shape index (κ2) is 26.9. The van der Waals surface area contributed by atoms with Gasteiger partial charge in [0.1, 0.15) is 0 Å². The summed E-state index contributed by atoms with van der Waals surface area (Å²) < 4.78 is 0. The van der Waals surface area contributed by atoms with E-state index in [-0.39, 0.29) is 45.4 Å². The molecule has 305 valence electrons. The number of likely N-dealkylation sites (tertiary alicyclic amines) is 1. The van der Waals surface area contributed by atoms with E-state index < -0.39 is 42.1 Å². The number of pyridine rings is 2. The van der Waals surface area contributed by atoms with Gasteiger partial charge in [-0.2, -0.15) is 0 Å². The largest absolute Gasteiger partial charge is 0.565 e. The molecule has 4 rings (SSSR count). The minimum atomic E-state index is -2.08. The third kappa shape index (κ3) is 18.7. The number of unbranched alkanes of at least 4 members (excludes halogenated alkanes) is 3. The molecule has 1 aliphatic rings. The standard InChI is InChI=1S/C39H52N6O6.CH2O3.Tc/c46-36(20-5-2-12-26-44(28-31-16-6-9-23-40-31)29-32-17-7-10-24-41-32)42-25-11-8-18-33(37(47)45-27-13-19-35(45)39(50)51)43-34(38(48)49)22-21-30-14-3-1-4-15-30;2-1(3)4;/h1,3-4,6-7,9-10,14-17,23-24,33-35,43H,2,5,8,11-13,18-22,25-29H2,(H,42,46)(H,48,49)(H,50,51);(H2,2,3,4);/p-3/t33-,34-,35-;;/m0../s1/i;;1+1. The fraction of sp³-hybridized carbons (Fsp3) is 0.475. The first-order valence-electron chi connectivity index (χ1n) is 18.7. The summed E-state index contributed by atoms with van der Waals surface area (Å²) in [6.45, 7) is 2.99. The molecule has 3 aromatic rings.